The number of carbonyl (C=O) groups is 1. The van der Waals surface area contributed by atoms with Gasteiger partial charge in [-0.1, -0.05) is 12.1 Å². The number of benzene rings is 2. The Morgan fingerprint density at radius 3 is 2.35 bits per heavy atom. The number of carbonyl (C=O) groups excluding carboxylic acids is 1. The molecule has 0 radical (unpaired) electrons. The molecule has 1 amide bonds. The fraction of sp³-hybridized carbons (Fsp3) is 0.188. The van der Waals surface area contributed by atoms with E-state index >= 15 is 0 Å². The molecule has 5 rings (SSSR count). The van der Waals surface area contributed by atoms with Crippen molar-refractivity contribution in [3.63, 3.8) is 0 Å². The van der Waals surface area contributed by atoms with E-state index in [9.17, 15) is 19.1 Å². The van der Waals surface area contributed by atoms with Gasteiger partial charge in [0, 0.05) is 35.6 Å². The Bertz CT molecular complexity index is 1850. The second-order valence-corrected chi connectivity index (χ2v) is 10.4. The molecule has 0 saturated carbocycles. The van der Waals surface area contributed by atoms with Gasteiger partial charge in [0.05, 0.1) is 38.1 Å². The van der Waals surface area contributed by atoms with Crippen molar-refractivity contribution < 1.29 is 28.5 Å². The molecule has 11 heteroatoms. The van der Waals surface area contributed by atoms with Crippen molar-refractivity contribution in [1.82, 2.24) is 14.5 Å². The molecule has 2 N–H and O–H groups in total. The van der Waals surface area contributed by atoms with Crippen molar-refractivity contribution in [3.05, 3.63) is 101 Å². The zero-order chi connectivity index (χ0) is 30.7. The lowest BCUT2D eigenvalue weighted by Gasteiger charge is -2.20. The number of rotatable bonds is 9. The number of halogens is 1. The van der Waals surface area contributed by atoms with Crippen LogP contribution in [-0.2, 0) is 6.54 Å². The molecule has 5 aromatic rings. The summed E-state index contributed by atoms with van der Waals surface area (Å²) in [5.41, 5.74) is -0.576. The van der Waals surface area contributed by atoms with Crippen LogP contribution in [0, 0.1) is 5.82 Å². The molecule has 0 aliphatic carbocycles. The molecule has 3 aromatic heterocycles. The predicted molar refractivity (Wildman–Crippen MR) is 160 cm³/mol. The molecule has 0 atom stereocenters. The van der Waals surface area contributed by atoms with E-state index in [1.165, 1.54) is 42.9 Å². The van der Waals surface area contributed by atoms with Crippen LogP contribution in [0.1, 0.15) is 24.2 Å². The first-order valence-electron chi connectivity index (χ1n) is 13.2. The number of aliphatic hydroxyl groups is 1. The van der Waals surface area contributed by atoms with Gasteiger partial charge in [0.2, 0.25) is 5.43 Å². The zero-order valence-electron chi connectivity index (χ0n) is 23.9. The number of nitrogens with one attached hydrogen (secondary N) is 1. The van der Waals surface area contributed by atoms with Gasteiger partial charge < -0.3 is 29.2 Å². The molecule has 2 aromatic carbocycles. The van der Waals surface area contributed by atoms with Gasteiger partial charge in [-0.25, -0.2) is 9.37 Å². The fourth-order valence-electron chi connectivity index (χ4n) is 4.53. The second kappa shape index (κ2) is 11.9. The highest BCUT2D eigenvalue weighted by Gasteiger charge is 2.20. The fourth-order valence-corrected chi connectivity index (χ4v) is 4.53. The van der Waals surface area contributed by atoms with E-state index < -0.39 is 22.8 Å². The first-order chi connectivity index (χ1) is 20.5. The molecule has 0 unspecified atom stereocenters. The normalized spacial score (nSPS) is 11.3. The standard InChI is InChI=1S/C32H29FN4O6/c1-32(2,40)18-37-16-23(19-5-7-20(33)8-6-19)30(38)24(17-37)31(39)36-29-10-9-21(15-35-29)43-26-11-12-34-25-14-28(42-4)27(41-3)13-22(25)26/h5-17,40H,18H2,1-4H3,(H,35,36,39). The highest BCUT2D eigenvalue weighted by atomic mass is 19.1. The van der Waals surface area contributed by atoms with Gasteiger partial charge in [0.1, 0.15) is 28.7 Å². The van der Waals surface area contributed by atoms with Gasteiger partial charge in [0.15, 0.2) is 11.5 Å². The monoisotopic (exact) mass is 584 g/mol. The molecule has 0 saturated heterocycles. The summed E-state index contributed by atoms with van der Waals surface area (Å²) in [6.45, 7) is 3.32. The lowest BCUT2D eigenvalue weighted by Crippen LogP contribution is -2.30. The summed E-state index contributed by atoms with van der Waals surface area (Å²) in [7, 11) is 3.09. The zero-order valence-corrected chi connectivity index (χ0v) is 23.9. The van der Waals surface area contributed by atoms with Crippen LogP contribution in [-0.4, -0.2) is 45.4 Å². The van der Waals surface area contributed by atoms with Crippen LogP contribution >= 0.6 is 0 Å². The van der Waals surface area contributed by atoms with Gasteiger partial charge in [-0.15, -0.1) is 0 Å². The summed E-state index contributed by atoms with van der Waals surface area (Å²) < 4.78 is 31.9. The van der Waals surface area contributed by atoms with Gasteiger partial charge >= 0.3 is 0 Å². The van der Waals surface area contributed by atoms with E-state index in [1.54, 1.807) is 69.2 Å². The van der Waals surface area contributed by atoms with E-state index in [-0.39, 0.29) is 23.5 Å². The van der Waals surface area contributed by atoms with Crippen LogP contribution in [0.25, 0.3) is 22.0 Å². The Morgan fingerprint density at radius 1 is 0.977 bits per heavy atom. The summed E-state index contributed by atoms with van der Waals surface area (Å²) in [6.07, 6.45) is 5.95. The number of pyridine rings is 3. The largest absolute Gasteiger partial charge is 0.493 e. The third-order valence-electron chi connectivity index (χ3n) is 6.46. The molecule has 3 heterocycles. The Labute approximate surface area is 246 Å². The van der Waals surface area contributed by atoms with Crippen molar-refractivity contribution in [3.8, 4) is 34.1 Å². The van der Waals surface area contributed by atoms with Crippen molar-refractivity contribution in [1.29, 1.82) is 0 Å². The Kier molecular flexibility index (Phi) is 8.09. The van der Waals surface area contributed by atoms with Crippen molar-refractivity contribution in [2.75, 3.05) is 19.5 Å². The van der Waals surface area contributed by atoms with Crippen molar-refractivity contribution in [2.45, 2.75) is 26.0 Å². The second-order valence-electron chi connectivity index (χ2n) is 10.4. The molecule has 220 valence electrons. The summed E-state index contributed by atoms with van der Waals surface area (Å²) in [4.78, 5) is 35.3. The minimum absolute atomic E-state index is 0.106. The van der Waals surface area contributed by atoms with E-state index in [1.807, 2.05) is 0 Å². The number of methoxy groups -OCH3 is 2. The number of fused-ring (bicyclic) bond motifs is 1. The Balaban J connectivity index is 1.40. The average Bonchev–Trinajstić information content (AvgIpc) is 2.98. The first kappa shape index (κ1) is 29.2. The van der Waals surface area contributed by atoms with E-state index in [0.29, 0.717) is 39.5 Å². The van der Waals surface area contributed by atoms with Crippen molar-refractivity contribution in [2.24, 2.45) is 0 Å². The van der Waals surface area contributed by atoms with E-state index in [0.717, 1.165) is 0 Å². The third kappa shape index (κ3) is 6.62. The smallest absolute Gasteiger partial charge is 0.262 e. The molecule has 0 fully saturated rings. The molecule has 10 nitrogen and oxygen atoms in total. The first-order valence-corrected chi connectivity index (χ1v) is 13.2. The van der Waals surface area contributed by atoms with Gasteiger partial charge in [-0.05, 0) is 55.8 Å². The van der Waals surface area contributed by atoms with Gasteiger partial charge in [0.25, 0.3) is 5.91 Å². The van der Waals surface area contributed by atoms with E-state index in [4.69, 9.17) is 14.2 Å². The number of hydrogen-bond acceptors (Lipinski definition) is 8. The van der Waals surface area contributed by atoms with Crippen LogP contribution in [0.4, 0.5) is 10.2 Å². The highest BCUT2D eigenvalue weighted by Crippen LogP contribution is 2.36. The number of amides is 1. The maximum absolute atomic E-state index is 13.5. The molecule has 0 aliphatic heterocycles. The molecule has 0 aliphatic rings. The minimum atomic E-state index is -1.13. The van der Waals surface area contributed by atoms with Crippen LogP contribution in [0.15, 0.2) is 84.2 Å². The quantitative estimate of drug-likeness (QED) is 0.235. The SMILES string of the molecule is COc1cc2nccc(Oc3ccc(NC(=O)c4cn(CC(C)(C)O)cc(-c5ccc(F)cc5)c4=O)nc3)c2cc1OC. The molecule has 0 spiro atoms. The van der Waals surface area contributed by atoms with Gasteiger partial charge in [-0.2, -0.15) is 0 Å². The number of hydrogen-bond donors (Lipinski definition) is 2. The van der Waals surface area contributed by atoms with Crippen LogP contribution < -0.4 is 25.0 Å². The van der Waals surface area contributed by atoms with Crippen molar-refractivity contribution >= 4 is 22.6 Å². The summed E-state index contributed by atoms with van der Waals surface area (Å²) in [5.74, 6) is 1.00. The molecule has 0 bridgehead atoms. The summed E-state index contributed by atoms with van der Waals surface area (Å²) in [5, 5.41) is 13.7. The Morgan fingerprint density at radius 2 is 1.70 bits per heavy atom. The molecule has 43 heavy (non-hydrogen) atoms. The third-order valence-corrected chi connectivity index (χ3v) is 6.46. The summed E-state index contributed by atoms with van der Waals surface area (Å²) >= 11 is 0. The highest BCUT2D eigenvalue weighted by molar-refractivity contribution is 6.04. The Hall–Kier alpha value is -5.29. The van der Waals surface area contributed by atoms with Crippen LogP contribution in [0.3, 0.4) is 0 Å². The van der Waals surface area contributed by atoms with Crippen LogP contribution in [0.2, 0.25) is 0 Å². The number of anilines is 1. The molecular weight excluding hydrogens is 555 g/mol. The van der Waals surface area contributed by atoms with E-state index in [2.05, 4.69) is 15.3 Å². The number of aromatic nitrogens is 3. The lowest BCUT2D eigenvalue weighted by atomic mass is 10.0. The summed E-state index contributed by atoms with van der Waals surface area (Å²) in [6, 6.07) is 13.8. The minimum Gasteiger partial charge on any atom is -0.493 e. The molecular formula is C32H29FN4O6. The van der Waals surface area contributed by atoms with Crippen LogP contribution in [0.5, 0.6) is 23.0 Å². The van der Waals surface area contributed by atoms with Gasteiger partial charge in [-0.3, -0.25) is 14.6 Å². The lowest BCUT2D eigenvalue weighted by molar-refractivity contribution is 0.0612. The number of nitrogens with zero attached hydrogens (tertiary/aromatic N) is 3. The average molecular weight is 585 g/mol. The topological polar surface area (TPSA) is 125 Å². The maximum atomic E-state index is 13.5. The maximum Gasteiger partial charge on any atom is 0.262 e. The predicted octanol–water partition coefficient (Wildman–Crippen LogP) is 5.43. The number of ether oxygens (including phenoxy) is 3.